The van der Waals surface area contributed by atoms with Crippen molar-refractivity contribution in [1.82, 2.24) is 15.0 Å². The molecule has 0 bridgehead atoms. The summed E-state index contributed by atoms with van der Waals surface area (Å²) in [6.07, 6.45) is 3.86. The minimum atomic E-state index is -0.533. The van der Waals surface area contributed by atoms with Gasteiger partial charge in [-0.15, -0.1) is 11.3 Å². The zero-order valence-electron chi connectivity index (χ0n) is 13.4. The van der Waals surface area contributed by atoms with Crippen LogP contribution in [0.15, 0.2) is 40.5 Å². The summed E-state index contributed by atoms with van der Waals surface area (Å²) in [6, 6.07) is 4.36. The molecule has 0 saturated heterocycles. The molecule has 0 radical (unpaired) electrons. The average molecular weight is 378 g/mol. The second-order valence-corrected chi connectivity index (χ2v) is 6.64. The Bertz CT molecular complexity index is 915. The first-order valence-electron chi connectivity index (χ1n) is 7.20. The quantitative estimate of drug-likeness (QED) is 0.488. The van der Waals surface area contributed by atoms with Crippen molar-refractivity contribution >= 4 is 34.8 Å². The first-order valence-corrected chi connectivity index (χ1v) is 8.46. The number of nitrogens with zero attached hydrogens (tertiary/aromatic N) is 3. The Morgan fingerprint density at radius 2 is 2.16 bits per heavy atom. The van der Waals surface area contributed by atoms with Crippen molar-refractivity contribution in [3.05, 3.63) is 52.6 Å². The van der Waals surface area contributed by atoms with E-state index in [4.69, 9.17) is 16.1 Å². The second-order valence-electron chi connectivity index (χ2n) is 5.34. The molecule has 2 heterocycles. The third kappa shape index (κ3) is 3.33. The molecule has 0 fully saturated rings. The number of hydrogen-bond donors (Lipinski definition) is 0. The molecule has 0 aliphatic rings. The van der Waals surface area contributed by atoms with E-state index < -0.39 is 5.82 Å². The van der Waals surface area contributed by atoms with Gasteiger partial charge < -0.3 is 9.42 Å². The average Bonchev–Trinajstić information content (AvgIpc) is 3.21. The molecular formula is C17H13ClFN3O2S. The highest BCUT2D eigenvalue weighted by Crippen LogP contribution is 2.41. The molecule has 0 amide bonds. The molecule has 5 nitrogen and oxygen atoms in total. The predicted molar refractivity (Wildman–Crippen MR) is 95.7 cm³/mol. The maximum Gasteiger partial charge on any atom is 0.182 e. The summed E-state index contributed by atoms with van der Waals surface area (Å²) in [5.41, 5.74) is 1.02. The molecule has 8 heteroatoms. The lowest BCUT2D eigenvalue weighted by Crippen LogP contribution is -2.03. The summed E-state index contributed by atoms with van der Waals surface area (Å²) < 4.78 is 19.8. The molecule has 3 rings (SSSR count). The van der Waals surface area contributed by atoms with E-state index in [1.807, 2.05) is 0 Å². The van der Waals surface area contributed by atoms with Crippen LogP contribution >= 0.6 is 22.9 Å². The minimum absolute atomic E-state index is 0.111. The lowest BCUT2D eigenvalue weighted by molar-refractivity contribution is -0.103. The number of benzene rings is 1. The summed E-state index contributed by atoms with van der Waals surface area (Å²) in [7, 11) is 3.55. The van der Waals surface area contributed by atoms with Crippen molar-refractivity contribution in [3.63, 3.8) is 0 Å². The first kappa shape index (κ1) is 17.3. The van der Waals surface area contributed by atoms with Gasteiger partial charge in [0.2, 0.25) is 0 Å². The van der Waals surface area contributed by atoms with Crippen LogP contribution in [0.1, 0.15) is 5.76 Å². The van der Waals surface area contributed by atoms with Crippen molar-refractivity contribution in [2.75, 3.05) is 14.1 Å². The molecular weight excluding hydrogens is 365 g/mol. The van der Waals surface area contributed by atoms with E-state index in [2.05, 4.69) is 10.1 Å². The van der Waals surface area contributed by atoms with Gasteiger partial charge in [-0.25, -0.2) is 9.37 Å². The molecule has 0 unspecified atom stereocenters. The van der Waals surface area contributed by atoms with Crippen LogP contribution in [-0.2, 0) is 4.79 Å². The molecule has 25 heavy (non-hydrogen) atoms. The molecule has 0 saturated carbocycles. The monoisotopic (exact) mass is 377 g/mol. The zero-order valence-corrected chi connectivity index (χ0v) is 14.9. The Kier molecular flexibility index (Phi) is 4.96. The Balaban J connectivity index is 2.31. The van der Waals surface area contributed by atoms with E-state index in [0.29, 0.717) is 16.9 Å². The highest BCUT2D eigenvalue weighted by Gasteiger charge is 2.27. The number of aldehydes is 1. The van der Waals surface area contributed by atoms with Crippen LogP contribution in [0.25, 0.3) is 27.4 Å². The number of allylic oxidation sites excluding steroid dienone is 1. The van der Waals surface area contributed by atoms with E-state index >= 15 is 0 Å². The van der Waals surface area contributed by atoms with Crippen molar-refractivity contribution in [3.8, 4) is 21.8 Å². The van der Waals surface area contributed by atoms with Gasteiger partial charge in [0.05, 0.1) is 21.7 Å². The summed E-state index contributed by atoms with van der Waals surface area (Å²) in [5.74, 6) is -0.317. The van der Waals surface area contributed by atoms with Gasteiger partial charge in [-0.05, 0) is 12.1 Å². The number of carbonyl (C=O) groups is 1. The third-order valence-electron chi connectivity index (χ3n) is 3.32. The van der Waals surface area contributed by atoms with E-state index in [0.717, 1.165) is 0 Å². The van der Waals surface area contributed by atoms with Crippen LogP contribution < -0.4 is 0 Å². The van der Waals surface area contributed by atoms with Gasteiger partial charge in [0.1, 0.15) is 16.5 Å². The van der Waals surface area contributed by atoms with E-state index in [9.17, 15) is 9.18 Å². The Hall–Kier alpha value is -2.51. The molecule has 1 aromatic carbocycles. The number of aromatic nitrogens is 2. The van der Waals surface area contributed by atoms with Gasteiger partial charge in [-0.1, -0.05) is 22.8 Å². The summed E-state index contributed by atoms with van der Waals surface area (Å²) in [6.45, 7) is 0. The maximum absolute atomic E-state index is 14.4. The third-order valence-corrected chi connectivity index (χ3v) is 4.43. The minimum Gasteiger partial charge on any atom is -0.383 e. The molecule has 0 spiro atoms. The Morgan fingerprint density at radius 1 is 1.36 bits per heavy atom. The fourth-order valence-corrected chi connectivity index (χ4v) is 3.28. The molecule has 0 aliphatic heterocycles. The molecule has 3 aromatic rings. The van der Waals surface area contributed by atoms with Crippen LogP contribution in [0, 0.1) is 5.82 Å². The predicted octanol–water partition coefficient (Wildman–Crippen LogP) is 4.36. The summed E-state index contributed by atoms with van der Waals surface area (Å²) in [5, 5.41) is 6.51. The van der Waals surface area contributed by atoms with E-state index in [1.165, 1.54) is 23.5 Å². The van der Waals surface area contributed by atoms with Gasteiger partial charge in [0.15, 0.2) is 12.0 Å². The SMILES string of the molecule is CN(C)/C=C(\C=O)c1onc(-c2c(F)cccc2Cl)c1-c1nccs1. The van der Waals surface area contributed by atoms with Gasteiger partial charge >= 0.3 is 0 Å². The van der Waals surface area contributed by atoms with Crippen molar-refractivity contribution in [1.29, 1.82) is 0 Å². The topological polar surface area (TPSA) is 59.2 Å². The maximum atomic E-state index is 14.4. The second kappa shape index (κ2) is 7.16. The van der Waals surface area contributed by atoms with Gasteiger partial charge in [-0.2, -0.15) is 0 Å². The normalized spacial score (nSPS) is 11.6. The lowest BCUT2D eigenvalue weighted by atomic mass is 10.0. The largest absolute Gasteiger partial charge is 0.383 e. The van der Waals surface area contributed by atoms with Crippen LogP contribution in [0.3, 0.4) is 0 Å². The van der Waals surface area contributed by atoms with Gasteiger partial charge in [-0.3, -0.25) is 4.79 Å². The summed E-state index contributed by atoms with van der Waals surface area (Å²) in [4.78, 5) is 17.5. The number of rotatable bonds is 5. The van der Waals surface area contributed by atoms with Crippen LogP contribution in [0.2, 0.25) is 5.02 Å². The lowest BCUT2D eigenvalue weighted by Gasteiger charge is -2.07. The van der Waals surface area contributed by atoms with E-state index in [-0.39, 0.29) is 27.6 Å². The van der Waals surface area contributed by atoms with Crippen molar-refractivity contribution < 1.29 is 13.7 Å². The number of halogens is 2. The van der Waals surface area contributed by atoms with Gasteiger partial charge in [0, 0.05) is 31.9 Å². The molecule has 2 aromatic heterocycles. The zero-order chi connectivity index (χ0) is 18.0. The fourth-order valence-electron chi connectivity index (χ4n) is 2.35. The van der Waals surface area contributed by atoms with Crippen LogP contribution in [0.4, 0.5) is 4.39 Å². The smallest absolute Gasteiger partial charge is 0.182 e. The van der Waals surface area contributed by atoms with E-state index in [1.54, 1.807) is 42.8 Å². The number of thiazole rings is 1. The van der Waals surface area contributed by atoms with Crippen molar-refractivity contribution in [2.24, 2.45) is 0 Å². The molecule has 0 N–H and O–H groups in total. The number of hydrogen-bond acceptors (Lipinski definition) is 6. The molecule has 128 valence electrons. The Labute approximate surface area is 152 Å². The highest BCUT2D eigenvalue weighted by molar-refractivity contribution is 7.13. The molecule has 0 aliphatic carbocycles. The summed E-state index contributed by atoms with van der Waals surface area (Å²) >= 11 is 7.50. The Morgan fingerprint density at radius 3 is 2.76 bits per heavy atom. The fraction of sp³-hybridized carbons (Fsp3) is 0.118. The highest BCUT2D eigenvalue weighted by atomic mass is 35.5. The first-order chi connectivity index (χ1) is 12.0. The molecule has 0 atom stereocenters. The van der Waals surface area contributed by atoms with Crippen LogP contribution in [-0.4, -0.2) is 35.4 Å². The van der Waals surface area contributed by atoms with Gasteiger partial charge in [0.25, 0.3) is 0 Å². The standard InChI is InChI=1S/C17H13ClFN3O2S/c1-22(2)8-10(9-23)16-14(17-20-6-7-25-17)15(21-24-16)13-11(18)4-3-5-12(13)19/h3-9H,1-2H3/b10-8+. The van der Waals surface area contributed by atoms with Crippen molar-refractivity contribution in [2.45, 2.75) is 0 Å². The van der Waals surface area contributed by atoms with Crippen LogP contribution in [0.5, 0.6) is 0 Å². The number of carbonyl (C=O) groups excluding carboxylic acids is 1.